The highest BCUT2D eigenvalue weighted by Gasteiger charge is 2.37. The van der Waals surface area contributed by atoms with Gasteiger partial charge in [0.15, 0.2) is 11.5 Å². The lowest BCUT2D eigenvalue weighted by Crippen LogP contribution is -2.40. The Hall–Kier alpha value is -3.82. The maximum Gasteiger partial charge on any atom is 0.168 e. The SMILES string of the molecule is COc1c(O)ccc2c1-c1ccc3ccc(O)cc3c1CSS[C@H]1CC[C@H](C[C@@H]1O)[C@@H](O[C@H](NCCCCO)c1ccc(NCC(C)=O)c(CO)c1)CC(=O)CC2. The normalized spacial score (nSPS) is 20.8. The number of anilines is 1. The highest BCUT2D eigenvalue weighted by atomic mass is 33.1. The van der Waals surface area contributed by atoms with Crippen molar-refractivity contribution in [3.8, 4) is 28.4 Å². The maximum absolute atomic E-state index is 14.1. The van der Waals surface area contributed by atoms with Crippen molar-refractivity contribution in [3.63, 3.8) is 0 Å². The molecule has 306 valence electrons. The Kier molecular flexibility index (Phi) is 15.2. The van der Waals surface area contributed by atoms with Crippen molar-refractivity contribution in [3.05, 3.63) is 82.9 Å². The number of benzene rings is 4. The van der Waals surface area contributed by atoms with Gasteiger partial charge in [-0.25, -0.2) is 0 Å². The molecular weight excluding hydrogens is 765 g/mol. The number of fused-ring (bicyclic) bond motifs is 9. The quantitative estimate of drug-likeness (QED) is 0.0411. The lowest BCUT2D eigenvalue weighted by molar-refractivity contribution is -0.128. The van der Waals surface area contributed by atoms with Gasteiger partial charge in [-0.2, -0.15) is 0 Å². The molecule has 0 aromatic heterocycles. The fraction of sp³-hybridized carbons (Fsp3) is 0.455. The Morgan fingerprint density at radius 1 is 1.00 bits per heavy atom. The molecule has 7 rings (SSSR count). The van der Waals surface area contributed by atoms with Gasteiger partial charge in [0, 0.05) is 47.3 Å². The van der Waals surface area contributed by atoms with Gasteiger partial charge in [-0.3, -0.25) is 14.9 Å². The lowest BCUT2D eigenvalue weighted by atomic mass is 9.81. The third-order valence-corrected chi connectivity index (χ3v) is 13.8. The first-order chi connectivity index (χ1) is 27.6. The summed E-state index contributed by atoms with van der Waals surface area (Å²) < 4.78 is 12.7. The molecule has 1 fully saturated rings. The first-order valence-corrected chi connectivity index (χ1v) is 22.1. The highest BCUT2D eigenvalue weighted by molar-refractivity contribution is 8.76. The van der Waals surface area contributed by atoms with E-state index in [1.54, 1.807) is 39.8 Å². The van der Waals surface area contributed by atoms with Crippen LogP contribution in [-0.4, -0.2) is 81.4 Å². The molecule has 0 saturated heterocycles. The number of aliphatic hydroxyl groups is 3. The second-order valence-corrected chi connectivity index (χ2v) is 17.6. The minimum atomic E-state index is -0.655. The fourth-order valence-corrected chi connectivity index (χ4v) is 10.9. The van der Waals surface area contributed by atoms with Crippen LogP contribution in [-0.2, 0) is 33.1 Å². The van der Waals surface area contributed by atoms with Crippen molar-refractivity contribution >= 4 is 49.6 Å². The number of ketones is 2. The van der Waals surface area contributed by atoms with Gasteiger partial charge >= 0.3 is 0 Å². The molecule has 1 saturated carbocycles. The molecule has 2 bridgehead atoms. The van der Waals surface area contributed by atoms with E-state index in [0.717, 1.165) is 45.9 Å². The first kappa shape index (κ1) is 42.8. The van der Waals surface area contributed by atoms with E-state index in [9.17, 15) is 35.1 Å². The molecule has 4 aromatic rings. The van der Waals surface area contributed by atoms with E-state index in [1.165, 1.54) is 14.0 Å². The van der Waals surface area contributed by atoms with Crippen LogP contribution in [0.2, 0.25) is 0 Å². The lowest BCUT2D eigenvalue weighted by Gasteiger charge is -2.38. The molecule has 7 N–H and O–H groups in total. The van der Waals surface area contributed by atoms with Crippen LogP contribution >= 0.6 is 21.6 Å². The maximum atomic E-state index is 14.1. The van der Waals surface area contributed by atoms with Crippen molar-refractivity contribution in [1.82, 2.24) is 5.32 Å². The van der Waals surface area contributed by atoms with Crippen molar-refractivity contribution in [2.24, 2.45) is 5.92 Å². The third kappa shape index (κ3) is 10.6. The number of rotatable bonds is 13. The van der Waals surface area contributed by atoms with Gasteiger partial charge < -0.3 is 40.3 Å². The molecule has 0 unspecified atom stereocenters. The van der Waals surface area contributed by atoms with Crippen LogP contribution in [0, 0.1) is 5.92 Å². The second kappa shape index (κ2) is 20.2. The van der Waals surface area contributed by atoms with Crippen LogP contribution in [0.15, 0.2) is 60.7 Å². The molecular formula is C44H54N2O9S2. The Labute approximate surface area is 342 Å². The number of ether oxygens (including phenoxy) is 2. The van der Waals surface area contributed by atoms with Crippen molar-refractivity contribution in [2.75, 3.05) is 32.1 Å². The number of nitrogens with one attached hydrogen (secondary N) is 2. The Bertz CT molecular complexity index is 2030. The van der Waals surface area contributed by atoms with Crippen LogP contribution < -0.4 is 15.4 Å². The summed E-state index contributed by atoms with van der Waals surface area (Å²) in [6.45, 7) is 1.96. The Balaban J connectivity index is 1.35. The smallest absolute Gasteiger partial charge is 0.168 e. The van der Waals surface area contributed by atoms with E-state index in [2.05, 4.69) is 10.6 Å². The summed E-state index contributed by atoms with van der Waals surface area (Å²) in [5.74, 6) is 0.859. The van der Waals surface area contributed by atoms with E-state index in [-0.39, 0.29) is 66.8 Å². The molecule has 13 heteroatoms. The molecule has 5 atom stereocenters. The standard InChI is InChI=1S/C44H54N2O9S2/c1-26(49)23-46-37-14-8-30(19-31(37)24-48)44(45-17-3-4-18-47)55-40-22-33(51)12-6-28-9-15-38(52)43(54-2)42(28)34-13-7-27-5-11-32(50)21-35(27)36(34)25-56-57-41-16-10-29(40)20-39(41)53/h5,7-9,11,13-15,19,21,29,39-41,44-48,50,52-53H,3-4,6,10,12,16-18,20,22-25H2,1-2H3/t29-,39+,40+,41+,44+/m1/s1. The summed E-state index contributed by atoms with van der Waals surface area (Å²) in [5, 5.41) is 61.2. The molecule has 0 amide bonds. The van der Waals surface area contributed by atoms with Crippen molar-refractivity contribution < 1.29 is 44.6 Å². The van der Waals surface area contributed by atoms with Crippen LogP contribution in [0.25, 0.3) is 21.9 Å². The predicted molar refractivity (Wildman–Crippen MR) is 227 cm³/mol. The molecule has 1 aliphatic carbocycles. The zero-order chi connectivity index (χ0) is 40.5. The number of aromatic hydroxyl groups is 2. The number of aliphatic hydroxyl groups excluding tert-OH is 3. The van der Waals surface area contributed by atoms with Crippen LogP contribution in [0.1, 0.15) is 80.4 Å². The zero-order valence-corrected chi connectivity index (χ0v) is 34.2. The van der Waals surface area contributed by atoms with Gasteiger partial charge in [0.2, 0.25) is 0 Å². The summed E-state index contributed by atoms with van der Waals surface area (Å²) in [4.78, 5) is 25.8. The van der Waals surface area contributed by atoms with Crippen molar-refractivity contribution in [2.45, 2.75) is 94.3 Å². The number of methoxy groups -OCH3 is 1. The zero-order valence-electron chi connectivity index (χ0n) is 32.5. The van der Waals surface area contributed by atoms with Crippen LogP contribution in [0.3, 0.4) is 0 Å². The largest absolute Gasteiger partial charge is 0.508 e. The number of Topliss-reactive ketones (excluding diaryl/α,β-unsaturated/α-hetero) is 2. The van der Waals surface area contributed by atoms with Gasteiger partial charge in [-0.15, -0.1) is 0 Å². The summed E-state index contributed by atoms with van der Waals surface area (Å²) >= 11 is 0. The molecule has 2 heterocycles. The number of carbonyl (C=O) groups is 2. The summed E-state index contributed by atoms with van der Waals surface area (Å²) in [7, 11) is 4.82. The molecule has 0 radical (unpaired) electrons. The van der Waals surface area contributed by atoms with E-state index in [4.69, 9.17) is 9.47 Å². The molecule has 3 aliphatic rings. The number of hydrogen-bond donors (Lipinski definition) is 7. The van der Waals surface area contributed by atoms with Gasteiger partial charge in [-0.1, -0.05) is 51.9 Å². The average molecular weight is 819 g/mol. The number of hydrogen-bond acceptors (Lipinski definition) is 13. The van der Waals surface area contributed by atoms with Gasteiger partial charge in [-0.05, 0) is 121 Å². The topological polar surface area (TPSA) is 178 Å². The molecule has 2 aliphatic heterocycles. The monoisotopic (exact) mass is 818 g/mol. The molecule has 4 aromatic carbocycles. The minimum absolute atomic E-state index is 0.00542. The van der Waals surface area contributed by atoms with Crippen LogP contribution in [0.5, 0.6) is 17.2 Å². The second-order valence-electron chi connectivity index (χ2n) is 15.0. The summed E-state index contributed by atoms with van der Waals surface area (Å²) in [6, 6.07) is 18.3. The summed E-state index contributed by atoms with van der Waals surface area (Å²) in [6.07, 6.45) is 2.14. The first-order valence-electron chi connectivity index (χ1n) is 19.7. The Morgan fingerprint density at radius 3 is 2.58 bits per heavy atom. The molecule has 0 spiro atoms. The number of phenols is 2. The molecule has 11 nitrogen and oxygen atoms in total. The van der Waals surface area contributed by atoms with E-state index < -0.39 is 18.4 Å². The van der Waals surface area contributed by atoms with E-state index >= 15 is 0 Å². The fourth-order valence-electron chi connectivity index (χ4n) is 7.98. The van der Waals surface area contributed by atoms with Gasteiger partial charge in [0.25, 0.3) is 0 Å². The Morgan fingerprint density at radius 2 is 1.82 bits per heavy atom. The number of phenolic OH excluding ortho intramolecular Hbond substituents is 2. The van der Waals surface area contributed by atoms with Gasteiger partial charge in [0.1, 0.15) is 23.5 Å². The third-order valence-electron chi connectivity index (χ3n) is 11.0. The molecule has 57 heavy (non-hydrogen) atoms. The van der Waals surface area contributed by atoms with E-state index in [0.29, 0.717) is 60.5 Å². The number of aryl methyl sites for hydroxylation is 1. The van der Waals surface area contributed by atoms with Gasteiger partial charge in [0.05, 0.1) is 32.5 Å². The van der Waals surface area contributed by atoms with Crippen LogP contribution in [0.4, 0.5) is 5.69 Å². The number of unbranched alkanes of at least 4 members (excludes halogenated alkanes) is 1. The number of carbonyl (C=O) groups excluding carboxylic acids is 2. The average Bonchev–Trinajstić information content (AvgIpc) is 3.20. The predicted octanol–water partition coefficient (Wildman–Crippen LogP) is 7.18. The highest BCUT2D eigenvalue weighted by Crippen LogP contribution is 2.48. The summed E-state index contributed by atoms with van der Waals surface area (Å²) in [5.41, 5.74) is 5.34. The van der Waals surface area contributed by atoms with E-state index in [1.807, 2.05) is 42.5 Å². The van der Waals surface area contributed by atoms with Crippen molar-refractivity contribution in [1.29, 1.82) is 0 Å². The minimum Gasteiger partial charge on any atom is -0.508 e.